The summed E-state index contributed by atoms with van der Waals surface area (Å²) in [6.45, 7) is 3.94. The van der Waals surface area contributed by atoms with Gasteiger partial charge in [-0.2, -0.15) is 5.26 Å². The van der Waals surface area contributed by atoms with Crippen LogP contribution in [0.3, 0.4) is 0 Å². The van der Waals surface area contributed by atoms with Crippen molar-refractivity contribution >= 4 is 11.8 Å². The smallest absolute Gasteiger partial charge is 0.191 e. The number of nitrogens with zero attached hydrogens (tertiary/aromatic N) is 5. The number of hydrogen-bond donors (Lipinski definition) is 0. The number of hydrogen-bond acceptors (Lipinski definition) is 5. The van der Waals surface area contributed by atoms with Gasteiger partial charge < -0.3 is 4.57 Å². The minimum Gasteiger partial charge on any atom is -0.300 e. The van der Waals surface area contributed by atoms with Crippen LogP contribution in [0.4, 0.5) is 0 Å². The molecule has 6 heteroatoms. The second-order valence-corrected chi connectivity index (χ2v) is 6.77. The van der Waals surface area contributed by atoms with E-state index in [0.29, 0.717) is 6.42 Å². The first kappa shape index (κ1) is 16.0. The third kappa shape index (κ3) is 4.34. The van der Waals surface area contributed by atoms with Crippen molar-refractivity contribution in [3.8, 4) is 6.07 Å². The van der Waals surface area contributed by atoms with E-state index in [1.54, 1.807) is 11.8 Å². The van der Waals surface area contributed by atoms with Crippen molar-refractivity contribution in [2.24, 2.45) is 0 Å². The Kier molecular flexibility index (Phi) is 5.67. The second-order valence-electron chi connectivity index (χ2n) is 5.71. The fourth-order valence-electron chi connectivity index (χ4n) is 2.80. The fourth-order valence-corrected chi connectivity index (χ4v) is 3.60. The van der Waals surface area contributed by atoms with Crippen LogP contribution < -0.4 is 0 Å². The molecule has 1 saturated heterocycles. The predicted molar refractivity (Wildman–Crippen MR) is 91.0 cm³/mol. The summed E-state index contributed by atoms with van der Waals surface area (Å²) >= 11 is 1.62. The van der Waals surface area contributed by atoms with E-state index in [1.807, 2.05) is 6.07 Å². The van der Waals surface area contributed by atoms with E-state index in [1.165, 1.54) is 18.4 Å². The summed E-state index contributed by atoms with van der Waals surface area (Å²) < 4.78 is 2.20. The quantitative estimate of drug-likeness (QED) is 0.578. The molecule has 0 saturated carbocycles. The Labute approximate surface area is 141 Å². The number of thioether (sulfide) groups is 1. The van der Waals surface area contributed by atoms with Crippen LogP contribution in [-0.2, 0) is 13.1 Å². The molecule has 23 heavy (non-hydrogen) atoms. The largest absolute Gasteiger partial charge is 0.300 e. The molecule has 0 bridgehead atoms. The van der Waals surface area contributed by atoms with Gasteiger partial charge in [-0.15, -0.1) is 10.2 Å². The van der Waals surface area contributed by atoms with Crippen LogP contribution in [0.15, 0.2) is 35.5 Å². The molecule has 0 aliphatic carbocycles. The molecule has 0 N–H and O–H groups in total. The summed E-state index contributed by atoms with van der Waals surface area (Å²) in [7, 11) is 0. The van der Waals surface area contributed by atoms with Crippen molar-refractivity contribution in [3.63, 3.8) is 0 Å². The van der Waals surface area contributed by atoms with E-state index >= 15 is 0 Å². The first-order valence-electron chi connectivity index (χ1n) is 8.05. The Morgan fingerprint density at radius 2 is 1.87 bits per heavy atom. The van der Waals surface area contributed by atoms with Gasteiger partial charge in [0.05, 0.1) is 19.2 Å². The van der Waals surface area contributed by atoms with Crippen molar-refractivity contribution in [1.29, 1.82) is 5.26 Å². The molecular weight excluding hydrogens is 306 g/mol. The standard InChI is InChI=1S/C17H21N5S/c18-9-6-12-23-17-20-19-16(14-21-10-4-5-11-21)22(17)13-15-7-2-1-3-8-15/h1-3,7-8H,4-6,10-14H2. The molecule has 1 fully saturated rings. The Balaban J connectivity index is 1.78. The molecule has 1 aromatic heterocycles. The highest BCUT2D eigenvalue weighted by Gasteiger charge is 2.18. The molecule has 2 heterocycles. The monoisotopic (exact) mass is 327 g/mol. The lowest BCUT2D eigenvalue weighted by atomic mass is 10.2. The molecule has 0 spiro atoms. The maximum Gasteiger partial charge on any atom is 0.191 e. The number of nitriles is 1. The number of aromatic nitrogens is 3. The van der Waals surface area contributed by atoms with Crippen LogP contribution in [0.5, 0.6) is 0 Å². The molecule has 0 atom stereocenters. The summed E-state index contributed by atoms with van der Waals surface area (Å²) in [5.74, 6) is 1.78. The Morgan fingerprint density at radius 3 is 2.61 bits per heavy atom. The topological polar surface area (TPSA) is 57.7 Å². The maximum absolute atomic E-state index is 8.73. The summed E-state index contributed by atoms with van der Waals surface area (Å²) in [4.78, 5) is 2.44. The molecule has 1 aliphatic rings. The fraction of sp³-hybridized carbons (Fsp3) is 0.471. The lowest BCUT2D eigenvalue weighted by molar-refractivity contribution is 0.316. The van der Waals surface area contributed by atoms with E-state index in [2.05, 4.69) is 50.0 Å². The molecule has 2 aromatic rings. The Morgan fingerprint density at radius 1 is 1.09 bits per heavy atom. The number of likely N-dealkylation sites (tertiary alicyclic amines) is 1. The van der Waals surface area contributed by atoms with Crippen LogP contribution in [-0.4, -0.2) is 38.5 Å². The maximum atomic E-state index is 8.73. The van der Waals surface area contributed by atoms with Gasteiger partial charge in [0.1, 0.15) is 5.82 Å². The summed E-state index contributed by atoms with van der Waals surface area (Å²) in [5, 5.41) is 18.4. The van der Waals surface area contributed by atoms with Crippen LogP contribution in [0.2, 0.25) is 0 Å². The average molecular weight is 327 g/mol. The van der Waals surface area contributed by atoms with Gasteiger partial charge in [0.15, 0.2) is 5.16 Å². The average Bonchev–Trinajstić information content (AvgIpc) is 3.21. The van der Waals surface area contributed by atoms with Crippen LogP contribution in [0.1, 0.15) is 30.7 Å². The molecular formula is C17H21N5S. The molecule has 0 amide bonds. The van der Waals surface area contributed by atoms with Crippen molar-refractivity contribution in [2.45, 2.75) is 37.5 Å². The highest BCUT2D eigenvalue weighted by atomic mass is 32.2. The van der Waals surface area contributed by atoms with Crippen LogP contribution >= 0.6 is 11.8 Å². The van der Waals surface area contributed by atoms with Gasteiger partial charge >= 0.3 is 0 Å². The van der Waals surface area contributed by atoms with Gasteiger partial charge in [-0.05, 0) is 31.5 Å². The summed E-state index contributed by atoms with van der Waals surface area (Å²) in [5.41, 5.74) is 1.25. The van der Waals surface area contributed by atoms with E-state index < -0.39 is 0 Å². The minimum absolute atomic E-state index is 0.532. The van der Waals surface area contributed by atoms with Crippen molar-refractivity contribution in [1.82, 2.24) is 19.7 Å². The third-order valence-electron chi connectivity index (χ3n) is 3.99. The molecule has 5 nitrogen and oxygen atoms in total. The van der Waals surface area contributed by atoms with Crippen molar-refractivity contribution in [3.05, 3.63) is 41.7 Å². The van der Waals surface area contributed by atoms with Gasteiger partial charge in [0, 0.05) is 12.2 Å². The zero-order valence-electron chi connectivity index (χ0n) is 13.2. The second kappa shape index (κ2) is 8.14. The summed E-state index contributed by atoms with van der Waals surface area (Å²) in [6, 6.07) is 12.6. The van der Waals surface area contributed by atoms with Crippen molar-refractivity contribution < 1.29 is 0 Å². The SMILES string of the molecule is N#CCCSc1nnc(CN2CCCC2)n1Cc1ccccc1. The summed E-state index contributed by atoms with van der Waals surface area (Å²) in [6.07, 6.45) is 3.08. The van der Waals surface area contributed by atoms with E-state index in [-0.39, 0.29) is 0 Å². The lowest BCUT2D eigenvalue weighted by Crippen LogP contribution is -2.21. The highest BCUT2D eigenvalue weighted by Crippen LogP contribution is 2.21. The Hall–Kier alpha value is -1.84. The van der Waals surface area contributed by atoms with Gasteiger partial charge in [-0.25, -0.2) is 0 Å². The molecule has 1 aliphatic heterocycles. The minimum atomic E-state index is 0.532. The van der Waals surface area contributed by atoms with Gasteiger partial charge in [-0.3, -0.25) is 4.90 Å². The van der Waals surface area contributed by atoms with Crippen LogP contribution in [0, 0.1) is 11.3 Å². The molecule has 0 radical (unpaired) electrons. The third-order valence-corrected chi connectivity index (χ3v) is 4.95. The van der Waals surface area contributed by atoms with E-state index in [0.717, 1.165) is 42.9 Å². The van der Waals surface area contributed by atoms with E-state index in [4.69, 9.17) is 5.26 Å². The normalized spacial score (nSPS) is 14.9. The molecule has 120 valence electrons. The number of benzene rings is 1. The molecule has 1 aromatic carbocycles. The van der Waals surface area contributed by atoms with Gasteiger partial charge in [0.25, 0.3) is 0 Å². The Bertz CT molecular complexity index is 655. The van der Waals surface area contributed by atoms with Crippen molar-refractivity contribution in [2.75, 3.05) is 18.8 Å². The zero-order chi connectivity index (χ0) is 15.9. The van der Waals surface area contributed by atoms with Crippen LogP contribution in [0.25, 0.3) is 0 Å². The molecule has 3 rings (SSSR count). The lowest BCUT2D eigenvalue weighted by Gasteiger charge is -2.16. The zero-order valence-corrected chi connectivity index (χ0v) is 14.0. The number of rotatable bonds is 7. The first-order chi connectivity index (χ1) is 11.4. The van der Waals surface area contributed by atoms with Gasteiger partial charge in [0.2, 0.25) is 0 Å². The highest BCUT2D eigenvalue weighted by molar-refractivity contribution is 7.99. The molecule has 0 unspecified atom stereocenters. The van der Waals surface area contributed by atoms with E-state index in [9.17, 15) is 0 Å². The first-order valence-corrected chi connectivity index (χ1v) is 9.03. The predicted octanol–water partition coefficient (Wildman–Crippen LogP) is 2.93. The van der Waals surface area contributed by atoms with Gasteiger partial charge in [-0.1, -0.05) is 42.1 Å².